The monoisotopic (exact) mass is 519 g/mol. The number of nitrogens with one attached hydrogen (secondary N) is 1. The molecule has 0 saturated carbocycles. The highest BCUT2D eigenvalue weighted by atomic mass is 32.2. The summed E-state index contributed by atoms with van der Waals surface area (Å²) in [5.74, 6) is 0.745. The first-order chi connectivity index (χ1) is 17.8. The van der Waals surface area contributed by atoms with Gasteiger partial charge in [-0.1, -0.05) is 30.3 Å². The van der Waals surface area contributed by atoms with Crippen LogP contribution in [-0.4, -0.2) is 66.3 Å². The van der Waals surface area contributed by atoms with E-state index in [-0.39, 0.29) is 16.7 Å². The largest absolute Gasteiger partial charge is 0.439 e. The fourth-order valence-electron chi connectivity index (χ4n) is 4.17. The van der Waals surface area contributed by atoms with Crippen LogP contribution in [0.5, 0.6) is 11.6 Å². The van der Waals surface area contributed by atoms with Crippen LogP contribution < -0.4 is 14.4 Å². The molecule has 0 atom stereocenters. The van der Waals surface area contributed by atoms with E-state index in [4.69, 9.17) is 4.74 Å². The van der Waals surface area contributed by atoms with Crippen molar-refractivity contribution in [1.29, 1.82) is 0 Å². The zero-order valence-corrected chi connectivity index (χ0v) is 21.8. The third-order valence-electron chi connectivity index (χ3n) is 6.25. The summed E-state index contributed by atoms with van der Waals surface area (Å²) in [6.45, 7) is 5.84. The van der Waals surface area contributed by atoms with Gasteiger partial charge in [0.05, 0.1) is 11.9 Å². The van der Waals surface area contributed by atoms with Crippen molar-refractivity contribution in [3.63, 3.8) is 0 Å². The van der Waals surface area contributed by atoms with E-state index in [2.05, 4.69) is 42.7 Å². The molecule has 1 fully saturated rings. The average Bonchev–Trinajstić information content (AvgIpc) is 3.32. The molecule has 0 radical (unpaired) electrons. The number of ether oxygens (including phenoxy) is 1. The summed E-state index contributed by atoms with van der Waals surface area (Å²) >= 11 is 0. The zero-order chi connectivity index (χ0) is 26.0. The molecule has 2 aromatic heterocycles. The van der Waals surface area contributed by atoms with E-state index in [1.807, 2.05) is 49.4 Å². The van der Waals surface area contributed by atoms with Gasteiger partial charge in [-0.05, 0) is 31.7 Å². The molecule has 5 rings (SSSR count). The average molecular weight is 520 g/mol. The van der Waals surface area contributed by atoms with Gasteiger partial charge in [0.2, 0.25) is 11.8 Å². The number of nitrogens with zero attached hydrogens (tertiary/aromatic N) is 6. The summed E-state index contributed by atoms with van der Waals surface area (Å²) in [5.41, 5.74) is 3.45. The van der Waals surface area contributed by atoms with Crippen LogP contribution in [0.25, 0.3) is 11.3 Å². The number of piperazine rings is 1. The van der Waals surface area contributed by atoms with Crippen LogP contribution in [-0.2, 0) is 17.1 Å². The van der Waals surface area contributed by atoms with E-state index < -0.39 is 10.0 Å². The first-order valence-corrected chi connectivity index (χ1v) is 13.4. The van der Waals surface area contributed by atoms with Crippen molar-refractivity contribution in [2.24, 2.45) is 7.05 Å². The molecule has 1 aliphatic heterocycles. The fourth-order valence-corrected chi connectivity index (χ4v) is 5.09. The van der Waals surface area contributed by atoms with Gasteiger partial charge >= 0.3 is 0 Å². The molecular weight excluding hydrogens is 490 g/mol. The summed E-state index contributed by atoms with van der Waals surface area (Å²) in [6, 6.07) is 17.3. The van der Waals surface area contributed by atoms with Gasteiger partial charge in [-0.2, -0.15) is 10.1 Å². The summed E-state index contributed by atoms with van der Waals surface area (Å²) in [5, 5.41) is 3.95. The second kappa shape index (κ2) is 10.2. The minimum Gasteiger partial charge on any atom is -0.439 e. The van der Waals surface area contributed by atoms with Crippen molar-refractivity contribution in [3.05, 3.63) is 72.6 Å². The second-order valence-electron chi connectivity index (χ2n) is 9.07. The van der Waals surface area contributed by atoms with Crippen molar-refractivity contribution >= 4 is 21.7 Å². The second-order valence-corrected chi connectivity index (χ2v) is 10.8. The predicted molar refractivity (Wildman–Crippen MR) is 142 cm³/mol. The zero-order valence-electron chi connectivity index (χ0n) is 21.0. The Labute approximate surface area is 216 Å². The van der Waals surface area contributed by atoms with E-state index in [1.54, 1.807) is 13.1 Å². The van der Waals surface area contributed by atoms with E-state index >= 15 is 0 Å². The quantitative estimate of drug-likeness (QED) is 0.395. The maximum atomic E-state index is 12.9. The van der Waals surface area contributed by atoms with Crippen LogP contribution in [0.15, 0.2) is 71.9 Å². The van der Waals surface area contributed by atoms with Crippen molar-refractivity contribution in [2.45, 2.75) is 11.8 Å². The molecule has 1 saturated heterocycles. The number of anilines is 2. The van der Waals surface area contributed by atoms with Gasteiger partial charge in [0.1, 0.15) is 10.6 Å². The highest BCUT2D eigenvalue weighted by Crippen LogP contribution is 2.30. The lowest BCUT2D eigenvalue weighted by Gasteiger charge is -2.34. The molecular formula is C26H29N7O3S. The van der Waals surface area contributed by atoms with Crippen LogP contribution in [0.3, 0.4) is 0 Å². The lowest BCUT2D eigenvalue weighted by atomic mass is 10.1. The van der Waals surface area contributed by atoms with Crippen LogP contribution in [0.4, 0.5) is 11.6 Å². The van der Waals surface area contributed by atoms with Crippen molar-refractivity contribution in [2.75, 3.05) is 42.8 Å². The number of aromatic nitrogens is 4. The third kappa shape index (κ3) is 5.73. The van der Waals surface area contributed by atoms with Crippen molar-refractivity contribution in [3.8, 4) is 22.9 Å². The molecule has 0 unspecified atom stereocenters. The number of rotatable bonds is 7. The van der Waals surface area contributed by atoms with Gasteiger partial charge in [-0.25, -0.2) is 18.1 Å². The molecule has 0 amide bonds. The van der Waals surface area contributed by atoms with Crippen LogP contribution >= 0.6 is 0 Å². The maximum absolute atomic E-state index is 12.9. The van der Waals surface area contributed by atoms with Crippen LogP contribution in [0, 0.1) is 6.92 Å². The SMILES string of the molecule is Cc1ccccc1-c1cc(Oc2cccc(N3CCN(C)CC3)c2)nc(NS(=O)(=O)c2cnn(C)c2)n1. The van der Waals surface area contributed by atoms with E-state index in [1.165, 1.54) is 17.1 Å². The minimum atomic E-state index is -3.94. The number of benzene rings is 2. The first kappa shape index (κ1) is 24.7. The Kier molecular flexibility index (Phi) is 6.81. The minimum absolute atomic E-state index is 0.0160. The predicted octanol–water partition coefficient (Wildman–Crippen LogP) is 3.53. The Morgan fingerprint density at radius 1 is 0.946 bits per heavy atom. The molecule has 1 N–H and O–H groups in total. The van der Waals surface area contributed by atoms with Gasteiger partial charge in [-0.3, -0.25) is 4.68 Å². The number of likely N-dealkylation sites (N-methyl/N-ethyl adjacent to an activating group) is 1. The molecule has 0 bridgehead atoms. The van der Waals surface area contributed by atoms with E-state index in [0.29, 0.717) is 11.4 Å². The molecule has 3 heterocycles. The summed E-state index contributed by atoms with van der Waals surface area (Å²) in [7, 11) is -0.169. The number of hydrogen-bond donors (Lipinski definition) is 1. The first-order valence-electron chi connectivity index (χ1n) is 11.9. The number of hydrogen-bond acceptors (Lipinski definition) is 8. The molecule has 0 spiro atoms. The van der Waals surface area contributed by atoms with Gasteiger partial charge in [0.25, 0.3) is 10.0 Å². The Balaban J connectivity index is 1.48. The number of aryl methyl sites for hydroxylation is 2. The number of sulfonamides is 1. The van der Waals surface area contributed by atoms with Gasteiger partial charge in [0.15, 0.2) is 0 Å². The molecule has 37 heavy (non-hydrogen) atoms. The molecule has 192 valence electrons. The maximum Gasteiger partial charge on any atom is 0.267 e. The molecule has 1 aliphatic rings. The lowest BCUT2D eigenvalue weighted by molar-refractivity contribution is 0.312. The smallest absolute Gasteiger partial charge is 0.267 e. The molecule has 0 aliphatic carbocycles. The van der Waals surface area contributed by atoms with Gasteiger partial charge in [-0.15, -0.1) is 0 Å². The summed E-state index contributed by atoms with van der Waals surface area (Å²) in [6.07, 6.45) is 2.68. The Hall–Kier alpha value is -3.96. The Morgan fingerprint density at radius 2 is 1.73 bits per heavy atom. The molecule has 4 aromatic rings. The van der Waals surface area contributed by atoms with Gasteiger partial charge in [0, 0.05) is 62.8 Å². The van der Waals surface area contributed by atoms with E-state index in [0.717, 1.165) is 43.0 Å². The van der Waals surface area contributed by atoms with Crippen molar-refractivity contribution < 1.29 is 13.2 Å². The third-order valence-corrected chi connectivity index (χ3v) is 7.53. The Morgan fingerprint density at radius 3 is 2.46 bits per heavy atom. The highest BCUT2D eigenvalue weighted by molar-refractivity contribution is 7.92. The Bertz CT molecular complexity index is 1510. The summed E-state index contributed by atoms with van der Waals surface area (Å²) in [4.78, 5) is 13.5. The molecule has 2 aromatic carbocycles. The van der Waals surface area contributed by atoms with E-state index in [9.17, 15) is 8.42 Å². The van der Waals surface area contributed by atoms with Crippen LogP contribution in [0.1, 0.15) is 5.56 Å². The van der Waals surface area contributed by atoms with Crippen molar-refractivity contribution in [1.82, 2.24) is 24.6 Å². The fraction of sp³-hybridized carbons (Fsp3) is 0.269. The summed E-state index contributed by atoms with van der Waals surface area (Å²) < 4.78 is 35.9. The molecule has 10 nitrogen and oxygen atoms in total. The van der Waals surface area contributed by atoms with Gasteiger partial charge < -0.3 is 14.5 Å². The molecule has 11 heteroatoms. The normalized spacial score (nSPS) is 14.5. The standard InChI is InChI=1S/C26H29N7O3S/c1-19-7-4-5-10-23(19)24-16-25(29-26(28-24)30-37(34,35)22-17-27-32(3)18-22)36-21-9-6-8-20(15-21)33-13-11-31(2)12-14-33/h4-10,15-18H,11-14H2,1-3H3,(H,28,29,30). The topological polar surface area (TPSA) is 105 Å². The van der Waals surface area contributed by atoms with Crippen LogP contribution in [0.2, 0.25) is 0 Å². The highest BCUT2D eigenvalue weighted by Gasteiger charge is 2.20. The lowest BCUT2D eigenvalue weighted by Crippen LogP contribution is -2.44.